The summed E-state index contributed by atoms with van der Waals surface area (Å²) in [5.74, 6) is 1.60. The normalized spacial score (nSPS) is 19.2. The maximum Gasteiger partial charge on any atom is 0.240 e. The van der Waals surface area contributed by atoms with Gasteiger partial charge in [0.05, 0.1) is 0 Å². The molecule has 6 heteroatoms. The summed E-state index contributed by atoms with van der Waals surface area (Å²) >= 11 is -1.42. The van der Waals surface area contributed by atoms with Crippen LogP contribution in [0.2, 0.25) is 0 Å². The van der Waals surface area contributed by atoms with E-state index < -0.39 is 16.1 Å². The molecule has 1 aliphatic rings. The molecule has 0 spiro atoms. The lowest BCUT2D eigenvalue weighted by Gasteiger charge is -2.19. The number of hydrogen-bond acceptors (Lipinski definition) is 5. The number of rotatable bonds is 4. The molecular weight excluding hydrogens is 226 g/mol. The van der Waals surface area contributed by atoms with Crippen molar-refractivity contribution in [3.63, 3.8) is 0 Å². The smallest absolute Gasteiger partial charge is 0.240 e. The van der Waals surface area contributed by atoms with E-state index in [1.807, 2.05) is 0 Å². The second-order valence-corrected chi connectivity index (χ2v) is 6.13. The van der Waals surface area contributed by atoms with Gasteiger partial charge in [0.25, 0.3) is 0 Å². The van der Waals surface area contributed by atoms with Gasteiger partial charge in [-0.05, 0) is 32.8 Å². The zero-order valence-corrected chi connectivity index (χ0v) is 10.2. The Balaban J connectivity index is 2.04. The third-order valence-corrected chi connectivity index (χ3v) is 3.70. The van der Waals surface area contributed by atoms with Crippen molar-refractivity contribution in [2.75, 3.05) is 0 Å². The summed E-state index contributed by atoms with van der Waals surface area (Å²) in [7, 11) is 0. The molecule has 2 rings (SSSR count). The van der Waals surface area contributed by atoms with Crippen molar-refractivity contribution >= 4 is 17.4 Å². The molecule has 88 valence electrons. The first-order valence-corrected chi connectivity index (χ1v) is 6.39. The van der Waals surface area contributed by atoms with Crippen LogP contribution in [-0.2, 0) is 11.4 Å². The zero-order valence-electron chi connectivity index (χ0n) is 9.34. The molecular formula is C10H15N3O2S. The Hall–Kier alpha value is -0.850. The minimum absolute atomic E-state index is 0.445. The van der Waals surface area contributed by atoms with Crippen molar-refractivity contribution in [1.29, 1.82) is 0 Å². The maximum absolute atomic E-state index is 11.2. The molecule has 5 nitrogen and oxygen atoms in total. The fraction of sp³-hybridized carbons (Fsp3) is 0.600. The molecule has 1 aromatic rings. The summed E-state index contributed by atoms with van der Waals surface area (Å²) < 4.78 is 16.0. The van der Waals surface area contributed by atoms with Gasteiger partial charge in [0, 0.05) is 23.4 Å². The average molecular weight is 241 g/mol. The Labute approximate surface area is 97.4 Å². The third-order valence-electron chi connectivity index (χ3n) is 2.53. The molecule has 0 amide bonds. The van der Waals surface area contributed by atoms with Crippen molar-refractivity contribution in [3.8, 4) is 0 Å². The molecule has 0 bridgehead atoms. The van der Waals surface area contributed by atoms with Crippen molar-refractivity contribution in [1.82, 2.24) is 10.2 Å². The molecule has 1 fully saturated rings. The average Bonchev–Trinajstić information content (AvgIpc) is 2.95. The van der Waals surface area contributed by atoms with Crippen LogP contribution in [0.1, 0.15) is 44.4 Å². The molecule has 0 saturated heterocycles. The Morgan fingerprint density at radius 2 is 2.19 bits per heavy atom. The summed E-state index contributed by atoms with van der Waals surface area (Å²) in [5, 5.41) is 13.2. The highest BCUT2D eigenvalue weighted by molar-refractivity contribution is 7.90. The van der Waals surface area contributed by atoms with E-state index in [4.69, 9.17) is 9.56 Å². The number of hydrogen-bond donors (Lipinski definition) is 1. The quantitative estimate of drug-likeness (QED) is 0.804. The van der Waals surface area contributed by atoms with Crippen LogP contribution in [0.5, 0.6) is 0 Å². The SMILES string of the molecule is CC(C)(/C=C/c1nnc(C2CC2)o1)[S+](N)[O-]. The minimum Gasteiger partial charge on any atom is -0.598 e. The van der Waals surface area contributed by atoms with E-state index >= 15 is 0 Å². The molecule has 16 heavy (non-hydrogen) atoms. The highest BCUT2D eigenvalue weighted by Gasteiger charge is 2.29. The fourth-order valence-electron chi connectivity index (χ4n) is 1.15. The number of nitrogens with zero attached hydrogens (tertiary/aromatic N) is 2. The molecule has 0 radical (unpaired) electrons. The van der Waals surface area contributed by atoms with Gasteiger partial charge in [-0.3, -0.25) is 0 Å². The Bertz CT molecular complexity index is 397. The zero-order chi connectivity index (χ0) is 11.8. The molecule has 1 unspecified atom stereocenters. The van der Waals surface area contributed by atoms with Crippen molar-refractivity contribution in [3.05, 3.63) is 17.9 Å². The summed E-state index contributed by atoms with van der Waals surface area (Å²) in [6.45, 7) is 3.58. The molecule has 1 saturated carbocycles. The summed E-state index contributed by atoms with van der Waals surface area (Å²) in [5.41, 5.74) is 0. The van der Waals surface area contributed by atoms with Crippen LogP contribution in [0.25, 0.3) is 6.08 Å². The summed E-state index contributed by atoms with van der Waals surface area (Å²) in [6.07, 6.45) is 5.66. The maximum atomic E-state index is 11.2. The largest absolute Gasteiger partial charge is 0.598 e. The van der Waals surface area contributed by atoms with E-state index in [0.717, 1.165) is 12.8 Å². The van der Waals surface area contributed by atoms with Gasteiger partial charge in [-0.25, -0.2) is 0 Å². The Morgan fingerprint density at radius 1 is 1.50 bits per heavy atom. The van der Waals surface area contributed by atoms with Crippen LogP contribution in [0, 0.1) is 0 Å². The third kappa shape index (κ3) is 2.63. The van der Waals surface area contributed by atoms with Crippen LogP contribution in [0.4, 0.5) is 0 Å². The van der Waals surface area contributed by atoms with Crippen molar-refractivity contribution < 1.29 is 8.97 Å². The first kappa shape index (κ1) is 11.6. The van der Waals surface area contributed by atoms with Crippen molar-refractivity contribution in [2.24, 2.45) is 5.14 Å². The Kier molecular flexibility index (Phi) is 3.05. The molecule has 0 aromatic carbocycles. The van der Waals surface area contributed by atoms with Gasteiger partial charge in [0.15, 0.2) is 4.75 Å². The highest BCUT2D eigenvalue weighted by atomic mass is 32.2. The van der Waals surface area contributed by atoms with E-state index in [0.29, 0.717) is 17.7 Å². The molecule has 1 atom stereocenters. The van der Waals surface area contributed by atoms with Crippen LogP contribution >= 0.6 is 0 Å². The molecule has 1 aliphatic carbocycles. The van der Waals surface area contributed by atoms with Gasteiger partial charge < -0.3 is 8.97 Å². The lowest BCUT2D eigenvalue weighted by Crippen LogP contribution is -2.35. The minimum atomic E-state index is -1.42. The first-order valence-electron chi connectivity index (χ1n) is 5.18. The predicted molar refractivity (Wildman–Crippen MR) is 61.7 cm³/mol. The lowest BCUT2D eigenvalue weighted by molar-refractivity contribution is 0.487. The fourth-order valence-corrected chi connectivity index (χ4v) is 1.35. The monoisotopic (exact) mass is 241 g/mol. The van der Waals surface area contributed by atoms with Crippen LogP contribution in [-0.4, -0.2) is 19.5 Å². The van der Waals surface area contributed by atoms with Gasteiger partial charge in [-0.2, -0.15) is 5.14 Å². The molecule has 1 heterocycles. The molecule has 0 aliphatic heterocycles. The van der Waals surface area contributed by atoms with E-state index in [2.05, 4.69) is 10.2 Å². The molecule has 1 aromatic heterocycles. The van der Waals surface area contributed by atoms with Crippen LogP contribution in [0.15, 0.2) is 10.5 Å². The second-order valence-electron chi connectivity index (χ2n) is 4.49. The molecule has 2 N–H and O–H groups in total. The number of nitrogens with two attached hydrogens (primary N) is 1. The van der Waals surface area contributed by atoms with Crippen molar-refractivity contribution in [2.45, 2.75) is 37.4 Å². The summed E-state index contributed by atoms with van der Waals surface area (Å²) in [6, 6.07) is 0. The van der Waals surface area contributed by atoms with Gasteiger partial charge in [-0.1, -0.05) is 0 Å². The van der Waals surface area contributed by atoms with E-state index in [9.17, 15) is 4.55 Å². The lowest BCUT2D eigenvalue weighted by atomic mass is 10.2. The van der Waals surface area contributed by atoms with Gasteiger partial charge >= 0.3 is 0 Å². The summed E-state index contributed by atoms with van der Waals surface area (Å²) in [4.78, 5) is 0. The Morgan fingerprint density at radius 3 is 2.75 bits per heavy atom. The second kappa shape index (κ2) is 4.20. The standard InChI is InChI=1S/C10H15N3O2S/c1-10(2,16(11)14)6-5-8-12-13-9(15-8)7-3-4-7/h5-7H,3-4,11H2,1-2H3/b6-5+. The predicted octanol–water partition coefficient (Wildman–Crippen LogP) is 1.36. The van der Waals surface area contributed by atoms with Gasteiger partial charge in [-0.15, -0.1) is 10.2 Å². The van der Waals surface area contributed by atoms with Crippen LogP contribution < -0.4 is 5.14 Å². The van der Waals surface area contributed by atoms with E-state index in [1.54, 1.807) is 26.0 Å². The van der Waals surface area contributed by atoms with Gasteiger partial charge in [0.1, 0.15) is 0 Å². The van der Waals surface area contributed by atoms with Crippen LogP contribution in [0.3, 0.4) is 0 Å². The van der Waals surface area contributed by atoms with E-state index in [-0.39, 0.29) is 0 Å². The first-order chi connectivity index (χ1) is 7.49. The topological polar surface area (TPSA) is 88.0 Å². The highest BCUT2D eigenvalue weighted by Crippen LogP contribution is 2.39. The van der Waals surface area contributed by atoms with E-state index in [1.165, 1.54) is 0 Å². The number of aromatic nitrogens is 2. The van der Waals surface area contributed by atoms with Gasteiger partial charge in [0.2, 0.25) is 11.8 Å².